The summed E-state index contributed by atoms with van der Waals surface area (Å²) in [6.07, 6.45) is -14.5. The Bertz CT molecular complexity index is 2550. The molecule has 0 spiro atoms. The number of rotatable bonds is 5. The molecule has 0 bridgehead atoms. The van der Waals surface area contributed by atoms with E-state index < -0.39 is 128 Å². The van der Waals surface area contributed by atoms with Crippen LogP contribution in [0.15, 0.2) is 84.6 Å². The average Bonchev–Trinajstić information content (AvgIpc) is 3.56. The number of hydrazine groups is 1. The van der Waals surface area contributed by atoms with E-state index in [4.69, 9.17) is 23.2 Å². The smallest absolute Gasteiger partial charge is 0.417 e. The number of halogens is 12. The third kappa shape index (κ3) is 6.67. The van der Waals surface area contributed by atoms with E-state index in [-0.39, 0.29) is 51.2 Å². The standard InChI is InChI=1S/C40H24Cl2F10N4O5/c41-21-4-2-17(3-5-21)37-26(34(59)56(36(37)61)54-32-27(42)13-20(15-53-32)40(50,51)52)14-25-23(31(37)16-1-8-29(57)28(43)9-16)6-7-24-30(25)35(60)55(33(24)58)22-11-18(38(44,45)46)10-19(12-22)39(47,48)49/h1-6,8-13,15,24-26,30-31,57H,7,14H2,(H,53,54)/t24-,25+,26-,30-,31-,37+/m0/s1. The summed E-state index contributed by atoms with van der Waals surface area (Å²) in [5.41, 5.74) is -5.40. The van der Waals surface area contributed by atoms with Gasteiger partial charge in [0.15, 0.2) is 17.4 Å². The number of imide groups is 2. The fourth-order valence-electron chi connectivity index (χ4n) is 9.18. The monoisotopic (exact) mass is 900 g/mol. The van der Waals surface area contributed by atoms with Crippen molar-refractivity contribution in [3.05, 3.63) is 128 Å². The molecule has 1 aromatic heterocycles. The first kappa shape index (κ1) is 42.0. The molecule has 4 aliphatic rings. The van der Waals surface area contributed by atoms with Crippen molar-refractivity contribution >= 4 is 58.3 Å². The molecule has 3 heterocycles. The first-order valence-corrected chi connectivity index (χ1v) is 18.7. The zero-order valence-corrected chi connectivity index (χ0v) is 31.8. The second-order valence-electron chi connectivity index (χ2n) is 14.9. The molecule has 1 saturated carbocycles. The molecule has 4 amide bonds. The number of fused-ring (bicyclic) bond motifs is 4. The van der Waals surface area contributed by atoms with Gasteiger partial charge in [0.05, 0.1) is 50.6 Å². The number of anilines is 2. The van der Waals surface area contributed by atoms with Crippen LogP contribution in [-0.4, -0.2) is 38.7 Å². The molecular weight excluding hydrogens is 877 g/mol. The maximum absolute atomic E-state index is 15.4. The van der Waals surface area contributed by atoms with Crippen LogP contribution in [0.4, 0.5) is 55.4 Å². The molecule has 3 aromatic carbocycles. The predicted octanol–water partition coefficient (Wildman–Crippen LogP) is 9.48. The summed E-state index contributed by atoms with van der Waals surface area (Å²) in [5.74, 6) is -14.3. The molecule has 2 aliphatic carbocycles. The summed E-state index contributed by atoms with van der Waals surface area (Å²) >= 11 is 12.4. The van der Waals surface area contributed by atoms with Crippen LogP contribution >= 0.6 is 23.2 Å². The van der Waals surface area contributed by atoms with Crippen LogP contribution in [0.5, 0.6) is 5.75 Å². The zero-order chi connectivity index (χ0) is 44.3. The molecule has 0 radical (unpaired) electrons. The van der Waals surface area contributed by atoms with Gasteiger partial charge in [-0.1, -0.05) is 53.1 Å². The topological polar surface area (TPSA) is 120 Å². The number of aromatic nitrogens is 1. The van der Waals surface area contributed by atoms with Gasteiger partial charge in [-0.25, -0.2) is 14.3 Å². The largest absolute Gasteiger partial charge is 0.505 e. The van der Waals surface area contributed by atoms with Crippen molar-refractivity contribution in [3.8, 4) is 5.75 Å². The number of carbonyl (C=O) groups excluding carboxylic acids is 4. The Morgan fingerprint density at radius 3 is 1.95 bits per heavy atom. The summed E-state index contributed by atoms with van der Waals surface area (Å²) < 4.78 is 139. The molecular formula is C40H24Cl2F10N4O5. The minimum atomic E-state index is -5.33. The van der Waals surface area contributed by atoms with Gasteiger partial charge in [0, 0.05) is 17.1 Å². The number of phenols is 1. The molecule has 61 heavy (non-hydrogen) atoms. The lowest BCUT2D eigenvalue weighted by Gasteiger charge is -2.50. The van der Waals surface area contributed by atoms with Crippen molar-refractivity contribution in [2.24, 2.45) is 23.7 Å². The van der Waals surface area contributed by atoms with Gasteiger partial charge in [-0.15, -0.1) is 0 Å². The van der Waals surface area contributed by atoms with Gasteiger partial charge in [0.2, 0.25) is 11.8 Å². The Kier molecular flexibility index (Phi) is 9.77. The minimum Gasteiger partial charge on any atom is -0.505 e. The second-order valence-corrected chi connectivity index (χ2v) is 15.7. The molecule has 2 N–H and O–H groups in total. The number of hydrogen-bond donors (Lipinski definition) is 2. The average molecular weight is 902 g/mol. The van der Waals surface area contributed by atoms with E-state index in [1.54, 1.807) is 0 Å². The van der Waals surface area contributed by atoms with E-state index in [0.29, 0.717) is 17.3 Å². The van der Waals surface area contributed by atoms with E-state index >= 15 is 9.18 Å². The first-order valence-electron chi connectivity index (χ1n) is 17.9. The molecule has 318 valence electrons. The highest BCUT2D eigenvalue weighted by atomic mass is 35.5. The number of alkyl halides is 9. The Morgan fingerprint density at radius 2 is 1.38 bits per heavy atom. The highest BCUT2D eigenvalue weighted by molar-refractivity contribution is 6.33. The van der Waals surface area contributed by atoms with Gasteiger partial charge >= 0.3 is 18.5 Å². The molecule has 8 rings (SSSR count). The van der Waals surface area contributed by atoms with Crippen LogP contribution in [0.1, 0.15) is 46.6 Å². The van der Waals surface area contributed by atoms with E-state index in [1.807, 2.05) is 0 Å². The van der Waals surface area contributed by atoms with E-state index in [9.17, 15) is 59.0 Å². The highest BCUT2D eigenvalue weighted by Gasteiger charge is 2.70. The van der Waals surface area contributed by atoms with Crippen molar-refractivity contribution < 1.29 is 68.2 Å². The van der Waals surface area contributed by atoms with Crippen molar-refractivity contribution in [2.45, 2.75) is 42.7 Å². The van der Waals surface area contributed by atoms with Crippen LogP contribution in [0.2, 0.25) is 10.0 Å². The summed E-state index contributed by atoms with van der Waals surface area (Å²) in [6, 6.07) is 9.34. The van der Waals surface area contributed by atoms with Crippen molar-refractivity contribution in [3.63, 3.8) is 0 Å². The van der Waals surface area contributed by atoms with E-state index in [1.165, 1.54) is 36.4 Å². The van der Waals surface area contributed by atoms with Gasteiger partial charge in [0.1, 0.15) is 0 Å². The van der Waals surface area contributed by atoms with Crippen LogP contribution in [0.25, 0.3) is 0 Å². The second kappa shape index (κ2) is 14.2. The van der Waals surface area contributed by atoms with Crippen molar-refractivity contribution in [1.82, 2.24) is 9.99 Å². The third-order valence-electron chi connectivity index (χ3n) is 11.7. The number of hydrogen-bond acceptors (Lipinski definition) is 7. The third-order valence-corrected chi connectivity index (χ3v) is 12.2. The molecule has 4 aromatic rings. The van der Waals surface area contributed by atoms with Crippen molar-refractivity contribution in [1.29, 1.82) is 0 Å². The predicted molar refractivity (Wildman–Crippen MR) is 194 cm³/mol. The van der Waals surface area contributed by atoms with Crippen LogP contribution in [0.3, 0.4) is 0 Å². The molecule has 3 fully saturated rings. The van der Waals surface area contributed by atoms with Crippen molar-refractivity contribution in [2.75, 3.05) is 10.3 Å². The highest BCUT2D eigenvalue weighted by Crippen LogP contribution is 2.64. The molecule has 2 saturated heterocycles. The Hall–Kier alpha value is -5.69. The van der Waals surface area contributed by atoms with E-state index in [2.05, 4.69) is 10.4 Å². The normalized spacial score (nSPS) is 25.4. The summed E-state index contributed by atoms with van der Waals surface area (Å²) in [4.78, 5) is 62.3. The minimum absolute atomic E-state index is 0.0559. The fourth-order valence-corrected chi connectivity index (χ4v) is 9.52. The maximum Gasteiger partial charge on any atom is 0.417 e. The lowest BCUT2D eigenvalue weighted by atomic mass is 9.49. The molecule has 21 heteroatoms. The number of nitrogens with one attached hydrogen (secondary N) is 1. The maximum atomic E-state index is 15.4. The van der Waals surface area contributed by atoms with Gasteiger partial charge in [-0.3, -0.25) is 24.6 Å². The molecule has 0 unspecified atom stereocenters. The van der Waals surface area contributed by atoms with Crippen LogP contribution in [-0.2, 0) is 43.1 Å². The number of benzene rings is 3. The van der Waals surface area contributed by atoms with Gasteiger partial charge < -0.3 is 5.11 Å². The number of nitrogens with zero attached hydrogens (tertiary/aromatic N) is 3. The van der Waals surface area contributed by atoms with E-state index in [0.717, 1.165) is 12.1 Å². The zero-order valence-electron chi connectivity index (χ0n) is 30.3. The van der Waals surface area contributed by atoms with Gasteiger partial charge in [-0.05, 0) is 78.4 Å². The Labute approximate surface area is 346 Å². The molecule has 6 atom stereocenters. The SMILES string of the molecule is O=C1[C@@H]2C[C@@H]3C(=CC[C@@H]4C(=O)N(c5cc(C(F)(F)F)cc(C(F)(F)F)c5)C(=O)[C@@H]43)[C@H](c3ccc(O)c(F)c3)[C@]2(c2ccc(Cl)cc2)C(=O)N1Nc1ncc(C(F)(F)F)cc1Cl. The number of aromatic hydroxyl groups is 1. The number of amides is 4. The summed E-state index contributed by atoms with van der Waals surface area (Å²) in [5, 5.41) is 10.1. The molecule has 2 aliphatic heterocycles. The summed E-state index contributed by atoms with van der Waals surface area (Å²) in [7, 11) is 0. The first-order chi connectivity index (χ1) is 28.4. The van der Waals surface area contributed by atoms with Gasteiger partial charge in [0.25, 0.3) is 11.8 Å². The Balaban J connectivity index is 1.30. The molecule has 9 nitrogen and oxygen atoms in total. The number of allylic oxidation sites excluding steroid dienone is 2. The summed E-state index contributed by atoms with van der Waals surface area (Å²) in [6.45, 7) is 0. The number of pyridine rings is 1. The Morgan fingerprint density at radius 1 is 0.754 bits per heavy atom. The lowest BCUT2D eigenvalue weighted by molar-refractivity contribution is -0.143. The van der Waals surface area contributed by atoms with Crippen LogP contribution in [0, 0.1) is 29.5 Å². The lowest BCUT2D eigenvalue weighted by Crippen LogP contribution is -2.53. The van der Waals surface area contributed by atoms with Crippen LogP contribution < -0.4 is 10.3 Å². The quantitative estimate of drug-likeness (QED) is 0.116. The van der Waals surface area contributed by atoms with Gasteiger partial charge in [-0.2, -0.15) is 44.5 Å². The number of carbonyl (C=O) groups is 4. The number of phenolic OH excluding ortho intramolecular Hbond substituents is 1. The fraction of sp³-hybridized carbons (Fsp3) is 0.275.